The van der Waals surface area contributed by atoms with E-state index in [1.165, 1.54) is 6.92 Å². The number of thiocarbonyl (C=S) groups is 1. The smallest absolute Gasteiger partial charge is 0.217 e. The lowest BCUT2D eigenvalue weighted by Gasteiger charge is -2.27. The number of nitrogen functional groups attached to an aromatic ring is 1. The van der Waals surface area contributed by atoms with Crippen LogP contribution in [0.15, 0.2) is 18.2 Å². The van der Waals surface area contributed by atoms with Gasteiger partial charge in [0.2, 0.25) is 5.91 Å². The quantitative estimate of drug-likeness (QED) is 0.139. The average molecular weight is 588 g/mol. The molecule has 3 aromatic rings. The van der Waals surface area contributed by atoms with E-state index in [2.05, 4.69) is 39.3 Å². The Kier molecular flexibility index (Phi) is 14.2. The second kappa shape index (κ2) is 17.1. The number of hydrogen-bond acceptors (Lipinski definition) is 8. The van der Waals surface area contributed by atoms with E-state index in [1.54, 1.807) is 5.49 Å². The molecule has 0 unspecified atom stereocenters. The van der Waals surface area contributed by atoms with Gasteiger partial charge in [-0.25, -0.2) is 9.97 Å². The normalized spacial score (nSPS) is 11.4. The summed E-state index contributed by atoms with van der Waals surface area (Å²) in [7, 11) is 1.95. The van der Waals surface area contributed by atoms with Crippen molar-refractivity contribution in [1.29, 1.82) is 0 Å². The molecular formula is C30H49N7O3S. The topological polar surface area (TPSA) is 128 Å². The van der Waals surface area contributed by atoms with Crippen molar-refractivity contribution in [3.8, 4) is 5.75 Å². The van der Waals surface area contributed by atoms with Crippen LogP contribution in [0, 0.1) is 0 Å². The molecule has 0 aliphatic carbocycles. The molecule has 2 aromatic heterocycles. The molecule has 0 saturated heterocycles. The minimum absolute atomic E-state index is 0.0877. The summed E-state index contributed by atoms with van der Waals surface area (Å²) in [5, 5.41) is 10.0. The monoisotopic (exact) mass is 587 g/mol. The fourth-order valence-electron chi connectivity index (χ4n) is 4.34. The number of aromatic nitrogens is 3. The number of hydrogen-bond donors (Lipinski definition) is 4. The lowest BCUT2D eigenvalue weighted by atomic mass is 10.1. The van der Waals surface area contributed by atoms with Gasteiger partial charge in [-0.1, -0.05) is 38.9 Å². The highest BCUT2D eigenvalue weighted by Crippen LogP contribution is 2.32. The predicted octanol–water partition coefficient (Wildman–Crippen LogP) is 4.72. The molecule has 0 aliphatic rings. The number of fused-ring (bicyclic) bond motifs is 3. The highest BCUT2D eigenvalue weighted by atomic mass is 32.1. The molecule has 1 aromatic carbocycles. The maximum absolute atomic E-state index is 11.8. The van der Waals surface area contributed by atoms with E-state index in [1.807, 2.05) is 46.0 Å². The van der Waals surface area contributed by atoms with Crippen LogP contribution in [0.5, 0.6) is 5.75 Å². The third kappa shape index (κ3) is 11.1. The fraction of sp³-hybridized carbons (Fsp3) is 0.600. The van der Waals surface area contributed by atoms with Gasteiger partial charge in [-0.05, 0) is 52.8 Å². The number of nitrogens with zero attached hydrogens (tertiary/aromatic N) is 3. The Bertz CT molecular complexity index is 1260. The fourth-order valence-corrected chi connectivity index (χ4v) is 4.46. The third-order valence-corrected chi connectivity index (χ3v) is 6.57. The van der Waals surface area contributed by atoms with Crippen LogP contribution in [-0.4, -0.2) is 64.3 Å². The molecular weight excluding hydrogens is 538 g/mol. The van der Waals surface area contributed by atoms with E-state index in [9.17, 15) is 4.79 Å². The summed E-state index contributed by atoms with van der Waals surface area (Å²) in [5.74, 6) is 1.77. The van der Waals surface area contributed by atoms with Crippen LogP contribution in [0.4, 0.5) is 5.82 Å². The number of carbonyl (C=O) groups is 1. The summed E-state index contributed by atoms with van der Waals surface area (Å²) in [4.78, 5) is 21.2. The van der Waals surface area contributed by atoms with Crippen molar-refractivity contribution >= 4 is 51.4 Å². The lowest BCUT2D eigenvalue weighted by molar-refractivity contribution is -0.120. The van der Waals surface area contributed by atoms with Crippen LogP contribution in [0.1, 0.15) is 73.1 Å². The number of rotatable bonds is 16. The Hall–Kier alpha value is -3.02. The van der Waals surface area contributed by atoms with E-state index in [0.29, 0.717) is 43.7 Å². The van der Waals surface area contributed by atoms with E-state index in [-0.39, 0.29) is 5.91 Å². The Morgan fingerprint density at radius 2 is 1.90 bits per heavy atom. The predicted molar refractivity (Wildman–Crippen MR) is 172 cm³/mol. The number of ether oxygens (including phenoxy) is 2. The van der Waals surface area contributed by atoms with Gasteiger partial charge in [0.1, 0.15) is 23.7 Å². The Labute approximate surface area is 250 Å². The molecule has 0 saturated carbocycles. The van der Waals surface area contributed by atoms with Crippen LogP contribution < -0.4 is 26.4 Å². The van der Waals surface area contributed by atoms with E-state index < -0.39 is 5.54 Å². The minimum Gasteiger partial charge on any atom is -0.494 e. The Morgan fingerprint density at radius 1 is 1.20 bits per heavy atom. The second-order valence-electron chi connectivity index (χ2n) is 11.0. The van der Waals surface area contributed by atoms with Gasteiger partial charge in [0.15, 0.2) is 5.82 Å². The maximum atomic E-state index is 11.8. The first-order valence-electron chi connectivity index (χ1n) is 14.4. The van der Waals surface area contributed by atoms with Crippen LogP contribution >= 0.6 is 12.2 Å². The zero-order valence-electron chi connectivity index (χ0n) is 25.8. The Morgan fingerprint density at radius 3 is 2.54 bits per heavy atom. The van der Waals surface area contributed by atoms with Crippen molar-refractivity contribution in [3.63, 3.8) is 0 Å². The van der Waals surface area contributed by atoms with Crippen molar-refractivity contribution in [2.75, 3.05) is 32.5 Å². The number of pyridine rings is 1. The molecule has 0 atom stereocenters. The number of anilines is 1. The molecule has 10 nitrogen and oxygen atoms in total. The van der Waals surface area contributed by atoms with Gasteiger partial charge >= 0.3 is 0 Å². The van der Waals surface area contributed by atoms with Gasteiger partial charge in [-0.3, -0.25) is 4.79 Å². The summed E-state index contributed by atoms with van der Waals surface area (Å²) in [6, 6.07) is 6.52. The van der Waals surface area contributed by atoms with Crippen molar-refractivity contribution in [1.82, 2.24) is 30.5 Å². The largest absolute Gasteiger partial charge is 0.494 e. The molecule has 2 heterocycles. The van der Waals surface area contributed by atoms with Gasteiger partial charge in [-0.2, -0.15) is 0 Å². The van der Waals surface area contributed by atoms with Gasteiger partial charge < -0.3 is 35.7 Å². The number of unbranched alkanes of at least 4 members (excludes halogenated alkanes) is 3. The minimum atomic E-state index is -0.506. The van der Waals surface area contributed by atoms with Crippen molar-refractivity contribution in [2.24, 2.45) is 0 Å². The summed E-state index contributed by atoms with van der Waals surface area (Å²) in [6.45, 7) is 14.6. The Balaban J connectivity index is 0.00000108. The third-order valence-electron chi connectivity index (χ3n) is 6.40. The zero-order chi connectivity index (χ0) is 30.4. The number of amides is 1. The summed E-state index contributed by atoms with van der Waals surface area (Å²) in [5.41, 5.74) is 9.67. The SMILES string of the molecule is CCOCc1nc2c(N)nc3cc(OCCCCCCNC=S)ccc3c2n1CC(C)(C)NC(C)=O.CNC(C)C. The number of nitrogens with two attached hydrogens (primary N) is 1. The average Bonchev–Trinajstić information content (AvgIpc) is 3.26. The molecule has 0 bridgehead atoms. The van der Waals surface area contributed by atoms with Crippen LogP contribution in [0.2, 0.25) is 0 Å². The molecule has 1 amide bonds. The van der Waals surface area contributed by atoms with E-state index >= 15 is 0 Å². The van der Waals surface area contributed by atoms with Crippen molar-refractivity contribution in [3.05, 3.63) is 24.0 Å². The molecule has 5 N–H and O–H groups in total. The maximum Gasteiger partial charge on any atom is 0.217 e. The summed E-state index contributed by atoms with van der Waals surface area (Å²) >= 11 is 4.76. The lowest BCUT2D eigenvalue weighted by Crippen LogP contribution is -2.45. The molecule has 0 radical (unpaired) electrons. The number of carbonyl (C=O) groups excluding carboxylic acids is 1. The molecule has 0 fully saturated rings. The van der Waals surface area contributed by atoms with Crippen LogP contribution in [-0.2, 0) is 22.7 Å². The van der Waals surface area contributed by atoms with Gasteiger partial charge in [0.05, 0.1) is 28.7 Å². The van der Waals surface area contributed by atoms with Crippen molar-refractivity contribution < 1.29 is 14.3 Å². The van der Waals surface area contributed by atoms with Crippen LogP contribution in [0.25, 0.3) is 21.9 Å². The standard InChI is InChI=1S/C26H38N6O3S.C4H11N/c1-5-34-15-22-30-23-24(32(22)16-26(3,4)31-18(2)33)20-11-10-19(14-21(20)29-25(23)27)35-13-9-7-6-8-12-28-17-36;1-4(2)5-3/h10-11,14,17H,5-9,12-13,15-16H2,1-4H3,(H2,27,29)(H,28,36)(H,31,33);4-5H,1-3H3. The number of benzene rings is 1. The van der Waals surface area contributed by atoms with Crippen LogP contribution in [0.3, 0.4) is 0 Å². The summed E-state index contributed by atoms with van der Waals surface area (Å²) in [6.07, 6.45) is 4.32. The highest BCUT2D eigenvalue weighted by Gasteiger charge is 2.25. The molecule has 0 spiro atoms. The molecule has 228 valence electrons. The highest BCUT2D eigenvalue weighted by molar-refractivity contribution is 7.78. The van der Waals surface area contributed by atoms with Gasteiger partial charge in [0.25, 0.3) is 0 Å². The number of imidazole rings is 1. The van der Waals surface area contributed by atoms with Crippen molar-refractivity contribution in [2.45, 2.75) is 92.0 Å². The first kappa shape index (κ1) is 34.2. The zero-order valence-corrected chi connectivity index (χ0v) is 26.6. The molecule has 11 heteroatoms. The molecule has 41 heavy (non-hydrogen) atoms. The van der Waals surface area contributed by atoms with E-state index in [0.717, 1.165) is 60.2 Å². The molecule has 0 aliphatic heterocycles. The van der Waals surface area contributed by atoms with Gasteiger partial charge in [0, 0.05) is 44.1 Å². The molecule has 3 rings (SSSR count). The first-order valence-corrected chi connectivity index (χ1v) is 14.9. The van der Waals surface area contributed by atoms with E-state index in [4.69, 9.17) is 32.4 Å². The van der Waals surface area contributed by atoms with Gasteiger partial charge in [-0.15, -0.1) is 0 Å². The number of nitrogens with one attached hydrogen (secondary N) is 3. The second-order valence-corrected chi connectivity index (χ2v) is 11.2. The first-order chi connectivity index (χ1) is 19.5. The summed E-state index contributed by atoms with van der Waals surface area (Å²) < 4.78 is 13.8.